The maximum atomic E-state index is 11.6. The first-order valence-electron chi connectivity index (χ1n) is 4.19. The van der Waals surface area contributed by atoms with Gasteiger partial charge in [-0.3, -0.25) is 0 Å². The summed E-state index contributed by atoms with van der Waals surface area (Å²) >= 11 is 6.69. The van der Waals surface area contributed by atoms with Crippen molar-refractivity contribution in [2.75, 3.05) is 6.61 Å². The molecule has 0 heterocycles. The van der Waals surface area contributed by atoms with Crippen LogP contribution in [0.1, 0.15) is 22.8 Å². The Hall–Kier alpha value is -0.350. The third kappa shape index (κ3) is 2.36. The van der Waals surface area contributed by atoms with Crippen LogP contribution in [0.4, 0.5) is 0 Å². The molecule has 0 saturated heterocycles. The molecule has 76 valence electrons. The number of esters is 1. The summed E-state index contributed by atoms with van der Waals surface area (Å²) in [6.07, 6.45) is 0. The van der Waals surface area contributed by atoms with E-state index in [4.69, 9.17) is 4.74 Å². The first kappa shape index (κ1) is 11.7. The quantitative estimate of drug-likeness (QED) is 0.776. The van der Waals surface area contributed by atoms with Gasteiger partial charge < -0.3 is 4.74 Å². The number of hydrogen-bond acceptors (Lipinski definition) is 2. The van der Waals surface area contributed by atoms with E-state index in [2.05, 4.69) is 31.9 Å². The predicted molar refractivity (Wildman–Crippen MR) is 62.5 cm³/mol. The first-order chi connectivity index (χ1) is 6.57. The fourth-order valence-electron chi connectivity index (χ4n) is 1.05. The largest absolute Gasteiger partial charge is 0.462 e. The third-order valence-corrected chi connectivity index (χ3v) is 3.45. The van der Waals surface area contributed by atoms with Crippen molar-refractivity contribution in [1.29, 1.82) is 0 Å². The van der Waals surface area contributed by atoms with E-state index >= 15 is 0 Å². The molecule has 0 aliphatic carbocycles. The molecule has 0 aliphatic rings. The van der Waals surface area contributed by atoms with Gasteiger partial charge in [0.1, 0.15) is 0 Å². The third-order valence-electron chi connectivity index (χ3n) is 1.76. The lowest BCUT2D eigenvalue weighted by molar-refractivity contribution is 0.0524. The van der Waals surface area contributed by atoms with Crippen LogP contribution in [0.25, 0.3) is 0 Å². The molecule has 0 fully saturated rings. The lowest BCUT2D eigenvalue weighted by Crippen LogP contribution is -2.07. The van der Waals surface area contributed by atoms with E-state index in [1.54, 1.807) is 6.92 Å². The van der Waals surface area contributed by atoms with E-state index in [1.165, 1.54) is 0 Å². The second kappa shape index (κ2) is 4.94. The number of benzene rings is 1. The molecule has 0 aromatic heterocycles. The van der Waals surface area contributed by atoms with E-state index in [0.717, 1.165) is 14.5 Å². The fourth-order valence-corrected chi connectivity index (χ4v) is 2.31. The van der Waals surface area contributed by atoms with Gasteiger partial charge in [0.2, 0.25) is 0 Å². The molecule has 1 rings (SSSR count). The molecule has 0 saturated carbocycles. The Bertz CT molecular complexity index is 361. The lowest BCUT2D eigenvalue weighted by Gasteiger charge is -2.08. The maximum absolute atomic E-state index is 11.6. The molecule has 0 unspecified atom stereocenters. The average Bonchev–Trinajstić information content (AvgIpc) is 2.13. The summed E-state index contributed by atoms with van der Waals surface area (Å²) in [5.74, 6) is -0.310. The molecule has 0 atom stereocenters. The van der Waals surface area contributed by atoms with Crippen LogP contribution in [0.5, 0.6) is 0 Å². The summed E-state index contributed by atoms with van der Waals surface area (Å²) in [5, 5.41) is 0. The van der Waals surface area contributed by atoms with E-state index < -0.39 is 0 Å². The topological polar surface area (TPSA) is 26.3 Å². The summed E-state index contributed by atoms with van der Waals surface area (Å²) < 4.78 is 6.47. The molecule has 0 bridgehead atoms. The van der Waals surface area contributed by atoms with Gasteiger partial charge in [-0.25, -0.2) is 4.79 Å². The van der Waals surface area contributed by atoms with Gasteiger partial charge in [-0.1, -0.05) is 6.07 Å². The number of rotatable bonds is 2. The van der Waals surface area contributed by atoms with Crippen LogP contribution < -0.4 is 0 Å². The van der Waals surface area contributed by atoms with E-state index in [1.807, 2.05) is 19.1 Å². The summed E-state index contributed by atoms with van der Waals surface area (Å²) in [4.78, 5) is 11.6. The highest BCUT2D eigenvalue weighted by atomic mass is 79.9. The SMILES string of the molecule is CCOC(=O)c1c(Br)ccc(C)c1Br. The van der Waals surface area contributed by atoms with Crippen molar-refractivity contribution in [3.63, 3.8) is 0 Å². The van der Waals surface area contributed by atoms with Gasteiger partial charge in [-0.15, -0.1) is 0 Å². The number of halogens is 2. The van der Waals surface area contributed by atoms with Crippen molar-refractivity contribution in [3.05, 3.63) is 32.2 Å². The summed E-state index contributed by atoms with van der Waals surface area (Å²) in [6.45, 7) is 4.10. The predicted octanol–water partition coefficient (Wildman–Crippen LogP) is 3.70. The summed E-state index contributed by atoms with van der Waals surface area (Å²) in [5.41, 5.74) is 1.56. The minimum absolute atomic E-state index is 0.310. The van der Waals surface area contributed by atoms with Crippen molar-refractivity contribution < 1.29 is 9.53 Å². The Morgan fingerprint density at radius 2 is 2.07 bits per heavy atom. The van der Waals surface area contributed by atoms with Crippen molar-refractivity contribution in [3.8, 4) is 0 Å². The Morgan fingerprint density at radius 1 is 1.43 bits per heavy atom. The second-order valence-electron chi connectivity index (χ2n) is 2.77. The monoisotopic (exact) mass is 320 g/mol. The van der Waals surface area contributed by atoms with Gasteiger partial charge in [0.15, 0.2) is 0 Å². The molecule has 0 spiro atoms. The Morgan fingerprint density at radius 3 is 2.64 bits per heavy atom. The lowest BCUT2D eigenvalue weighted by atomic mass is 10.1. The van der Waals surface area contributed by atoms with Gasteiger partial charge in [0.25, 0.3) is 0 Å². The van der Waals surface area contributed by atoms with Gasteiger partial charge in [-0.05, 0) is 57.3 Å². The van der Waals surface area contributed by atoms with Gasteiger partial charge in [0.05, 0.1) is 12.2 Å². The van der Waals surface area contributed by atoms with E-state index in [-0.39, 0.29) is 5.97 Å². The highest BCUT2D eigenvalue weighted by molar-refractivity contribution is 9.11. The number of carbonyl (C=O) groups excluding carboxylic acids is 1. The number of carbonyl (C=O) groups is 1. The molecular weight excluding hydrogens is 312 g/mol. The highest BCUT2D eigenvalue weighted by Gasteiger charge is 2.16. The summed E-state index contributed by atoms with van der Waals surface area (Å²) in [7, 11) is 0. The molecule has 4 heteroatoms. The standard InChI is InChI=1S/C10H10Br2O2/c1-3-14-10(13)8-7(11)5-4-6(2)9(8)12/h4-5H,3H2,1-2H3. The summed E-state index contributed by atoms with van der Waals surface area (Å²) in [6, 6.07) is 3.77. The molecule has 1 aromatic rings. The second-order valence-corrected chi connectivity index (χ2v) is 4.42. The highest BCUT2D eigenvalue weighted by Crippen LogP contribution is 2.28. The van der Waals surface area contributed by atoms with Crippen LogP contribution in [0, 0.1) is 6.92 Å². The first-order valence-corrected chi connectivity index (χ1v) is 5.78. The molecule has 1 aromatic carbocycles. The zero-order chi connectivity index (χ0) is 10.7. The molecule has 0 N–H and O–H groups in total. The molecule has 0 aliphatic heterocycles. The van der Waals surface area contributed by atoms with Crippen LogP contribution in [-0.4, -0.2) is 12.6 Å². The Balaban J connectivity index is 3.18. The number of hydrogen-bond donors (Lipinski definition) is 0. The maximum Gasteiger partial charge on any atom is 0.340 e. The molecule has 14 heavy (non-hydrogen) atoms. The zero-order valence-corrected chi connectivity index (χ0v) is 11.1. The van der Waals surface area contributed by atoms with Crippen LogP contribution in [0.15, 0.2) is 21.1 Å². The minimum Gasteiger partial charge on any atom is -0.462 e. The van der Waals surface area contributed by atoms with Crippen molar-refractivity contribution in [2.24, 2.45) is 0 Å². The number of aryl methyl sites for hydroxylation is 1. The number of ether oxygens (including phenoxy) is 1. The van der Waals surface area contributed by atoms with E-state index in [9.17, 15) is 4.79 Å². The molecule has 0 radical (unpaired) electrons. The molecule has 0 amide bonds. The van der Waals surface area contributed by atoms with Crippen LogP contribution in [0.3, 0.4) is 0 Å². The van der Waals surface area contributed by atoms with Gasteiger partial charge in [0, 0.05) is 8.95 Å². The Labute approximate surface area is 99.9 Å². The van der Waals surface area contributed by atoms with Crippen molar-refractivity contribution >= 4 is 37.8 Å². The average molecular weight is 322 g/mol. The normalized spacial score (nSPS) is 10.0. The van der Waals surface area contributed by atoms with Crippen LogP contribution >= 0.6 is 31.9 Å². The smallest absolute Gasteiger partial charge is 0.340 e. The van der Waals surface area contributed by atoms with Crippen LogP contribution in [0.2, 0.25) is 0 Å². The van der Waals surface area contributed by atoms with E-state index in [0.29, 0.717) is 12.2 Å². The van der Waals surface area contributed by atoms with Crippen molar-refractivity contribution in [2.45, 2.75) is 13.8 Å². The van der Waals surface area contributed by atoms with Gasteiger partial charge >= 0.3 is 5.97 Å². The van der Waals surface area contributed by atoms with Gasteiger partial charge in [-0.2, -0.15) is 0 Å². The zero-order valence-electron chi connectivity index (χ0n) is 7.93. The molecular formula is C10H10Br2O2. The van der Waals surface area contributed by atoms with Crippen molar-refractivity contribution in [1.82, 2.24) is 0 Å². The van der Waals surface area contributed by atoms with Crippen LogP contribution in [-0.2, 0) is 4.74 Å². The fraction of sp³-hybridized carbons (Fsp3) is 0.300. The molecule has 2 nitrogen and oxygen atoms in total. The Kier molecular flexibility index (Phi) is 4.13. The minimum atomic E-state index is -0.310.